The highest BCUT2D eigenvalue weighted by atomic mass is 16.5. The Morgan fingerprint density at radius 1 is 0.206 bits per heavy atom. The summed E-state index contributed by atoms with van der Waals surface area (Å²) >= 11 is 0. The predicted octanol–water partition coefficient (Wildman–Crippen LogP) is 30.6. The monoisotopic (exact) mass is 1640 g/mol. The Morgan fingerprint density at radius 2 is 0.389 bits per heavy atom. The van der Waals surface area contributed by atoms with Crippen molar-refractivity contribution in [3.05, 3.63) is 384 Å². The van der Waals surface area contributed by atoms with E-state index in [2.05, 4.69) is 424 Å². The third-order valence-corrected chi connectivity index (χ3v) is 29.1. The number of hydrogen-bond donors (Lipinski definition) is 0. The van der Waals surface area contributed by atoms with Gasteiger partial charge in [0.05, 0.1) is 40.5 Å². The van der Waals surface area contributed by atoms with Gasteiger partial charge in [-0.1, -0.05) is 177 Å². The summed E-state index contributed by atoms with van der Waals surface area (Å²) in [5.74, 6) is 3.20. The van der Waals surface area contributed by atoms with Crippen molar-refractivity contribution < 1.29 is 18.9 Å². The van der Waals surface area contributed by atoms with Gasteiger partial charge in [-0.05, 0) is 320 Å². The highest BCUT2D eigenvalue weighted by molar-refractivity contribution is 6.14. The standard InChI is InChI=1S/C116H98N6O4/c1-113(2)99-25-17-13-21-87(99)91-63-75(37-53-103(91)113)117(71-29-45-83(123-9)46-30-71)79-41-57-107-95(67-79)96-68-80(118(72-31-47-84(124-10)48-32-72)76-38-54-104-92(64-76)88-22-14-18-26-100(88)114(104,3)4)42-58-108(96)121(107)111-61-62-112(111)122-109-59-43-81(119(73-33-49-85(125-11)50-34-73)77-39-55-105-93(65-77)89-23-15-19-27-101(89)115(105,5)6)69-97(109)98-70-82(44-60-110(98)122)120(74-35-51-86(126-12)52-36-74)78-40-56-106-94(66-78)90-24-16-20-28-102(90)116(106,7)8/h13-60,63-70,111-112H,61-62H2,1-12H3. The molecule has 5 aliphatic rings. The van der Waals surface area contributed by atoms with Crippen molar-refractivity contribution in [2.75, 3.05) is 48.0 Å². The number of ether oxygens (including phenoxy) is 4. The first-order chi connectivity index (χ1) is 61.3. The maximum atomic E-state index is 5.88. The molecule has 0 amide bonds. The van der Waals surface area contributed by atoms with Crippen molar-refractivity contribution in [1.82, 2.24) is 9.13 Å². The first-order valence-electron chi connectivity index (χ1n) is 44.2. The Morgan fingerprint density at radius 3 is 0.595 bits per heavy atom. The van der Waals surface area contributed by atoms with Crippen molar-refractivity contribution in [3.63, 3.8) is 0 Å². The molecule has 16 aromatic carbocycles. The maximum absolute atomic E-state index is 5.88. The van der Waals surface area contributed by atoms with E-state index in [0.29, 0.717) is 0 Å². The Kier molecular flexibility index (Phi) is 17.3. The van der Waals surface area contributed by atoms with E-state index in [1.54, 1.807) is 28.4 Å². The number of aromatic nitrogens is 2. The van der Waals surface area contributed by atoms with Crippen LogP contribution in [0.4, 0.5) is 68.2 Å². The normalized spacial score (nSPS) is 15.8. The van der Waals surface area contributed by atoms with Gasteiger partial charge in [-0.25, -0.2) is 0 Å². The SMILES string of the molecule is COc1ccc(N(c2ccc3c(c2)-c2ccccc2C3(C)C)c2ccc3c(c2)c2cc(N(c4ccc(OC)cc4)c4ccc5c(c4)-c4ccccc4C5(C)C)ccc2n3C2CCC2n2c3ccc(N(c4ccc(OC)cc4)c4ccc5c(c4)-c4ccccc4C5(C)C)cc3c3cc(N(c4ccc(OC)cc4)c4ccc5c(c4)-c4ccccc4C5(C)C)ccc32)cc1. The van der Waals surface area contributed by atoms with E-state index in [4.69, 9.17) is 18.9 Å². The third-order valence-electron chi connectivity index (χ3n) is 29.1. The number of rotatable bonds is 18. The fraction of sp³-hybridized carbons (Fsp3) is 0.172. The minimum Gasteiger partial charge on any atom is -0.497 e. The van der Waals surface area contributed by atoms with Gasteiger partial charge in [0.2, 0.25) is 0 Å². The van der Waals surface area contributed by atoms with Crippen LogP contribution >= 0.6 is 0 Å². The molecule has 0 radical (unpaired) electrons. The molecule has 0 saturated heterocycles. The van der Waals surface area contributed by atoms with Gasteiger partial charge in [0, 0.05) is 134 Å². The van der Waals surface area contributed by atoms with E-state index in [-0.39, 0.29) is 33.7 Å². The van der Waals surface area contributed by atoms with E-state index in [1.807, 2.05) is 0 Å². The zero-order valence-electron chi connectivity index (χ0n) is 73.2. The lowest BCUT2D eigenvalue weighted by Crippen LogP contribution is -2.31. The predicted molar refractivity (Wildman–Crippen MR) is 521 cm³/mol. The Balaban J connectivity index is 0.744. The van der Waals surface area contributed by atoms with Gasteiger partial charge in [0.1, 0.15) is 23.0 Å². The molecule has 616 valence electrons. The summed E-state index contributed by atoms with van der Waals surface area (Å²) in [4.78, 5) is 9.78. The molecule has 23 rings (SSSR count). The molecule has 1 saturated carbocycles. The van der Waals surface area contributed by atoms with Gasteiger partial charge >= 0.3 is 0 Å². The van der Waals surface area contributed by atoms with Crippen LogP contribution in [0.1, 0.15) is 125 Å². The summed E-state index contributed by atoms with van der Waals surface area (Å²) in [6, 6.07) is 128. The second kappa shape index (κ2) is 28.5. The molecule has 126 heavy (non-hydrogen) atoms. The van der Waals surface area contributed by atoms with Crippen LogP contribution in [0.15, 0.2) is 340 Å². The zero-order chi connectivity index (χ0) is 85.6. The van der Waals surface area contributed by atoms with Crippen LogP contribution in [0.3, 0.4) is 0 Å². The molecule has 1 fully saturated rings. The molecule has 2 unspecified atom stereocenters. The maximum Gasteiger partial charge on any atom is 0.119 e. The highest BCUT2D eigenvalue weighted by Crippen LogP contribution is 2.59. The van der Waals surface area contributed by atoms with Crippen molar-refractivity contribution >= 4 is 112 Å². The van der Waals surface area contributed by atoms with E-state index >= 15 is 0 Å². The quantitative estimate of drug-likeness (QED) is 0.0842. The van der Waals surface area contributed by atoms with Gasteiger partial charge in [0.15, 0.2) is 0 Å². The molecule has 18 aromatic rings. The molecule has 0 N–H and O–H groups in total. The summed E-state index contributed by atoms with van der Waals surface area (Å²) in [5, 5.41) is 4.63. The van der Waals surface area contributed by atoms with Gasteiger partial charge in [-0.15, -0.1) is 0 Å². The molecule has 0 spiro atoms. The molecule has 10 nitrogen and oxygen atoms in total. The van der Waals surface area contributed by atoms with Crippen LogP contribution in [-0.2, 0) is 21.7 Å². The fourth-order valence-electron chi connectivity index (χ4n) is 22.5. The third kappa shape index (κ3) is 11.5. The minimum atomic E-state index is -0.166. The summed E-state index contributed by atoms with van der Waals surface area (Å²) in [6.07, 6.45) is 1.90. The highest BCUT2D eigenvalue weighted by Gasteiger charge is 2.43. The van der Waals surface area contributed by atoms with E-state index < -0.39 is 0 Å². The molecule has 5 aliphatic carbocycles. The molecule has 0 aliphatic heterocycles. The lowest BCUT2D eigenvalue weighted by molar-refractivity contribution is 0.205. The van der Waals surface area contributed by atoms with Crippen molar-refractivity contribution in [1.29, 1.82) is 0 Å². The molecule has 10 heteroatoms. The fourth-order valence-corrected chi connectivity index (χ4v) is 22.5. The summed E-state index contributed by atoms with van der Waals surface area (Å²) in [7, 11) is 6.97. The van der Waals surface area contributed by atoms with E-state index in [9.17, 15) is 0 Å². The van der Waals surface area contributed by atoms with E-state index in [1.165, 1.54) is 111 Å². The molecule has 2 aromatic heterocycles. The Bertz CT molecular complexity index is 6620. The van der Waals surface area contributed by atoms with Gasteiger partial charge < -0.3 is 47.7 Å². The van der Waals surface area contributed by atoms with Crippen molar-refractivity contribution in [3.8, 4) is 67.5 Å². The first-order valence-corrected chi connectivity index (χ1v) is 44.2. The van der Waals surface area contributed by atoms with Crippen LogP contribution in [0, 0.1) is 0 Å². The second-order valence-electron chi connectivity index (χ2n) is 37.0. The lowest BCUT2D eigenvalue weighted by Gasteiger charge is -2.41. The van der Waals surface area contributed by atoms with Gasteiger partial charge in [0.25, 0.3) is 0 Å². The number of hydrogen-bond acceptors (Lipinski definition) is 8. The molecule has 2 atom stereocenters. The second-order valence-corrected chi connectivity index (χ2v) is 37.0. The van der Waals surface area contributed by atoms with Crippen molar-refractivity contribution in [2.45, 2.75) is 102 Å². The molecular formula is C116H98N6O4. The lowest BCUT2D eigenvalue weighted by atomic mass is 9.82. The topological polar surface area (TPSA) is 59.7 Å². The number of benzene rings is 16. The summed E-state index contributed by atoms with van der Waals surface area (Å²) in [5.41, 5.74) is 37.4. The molecular weight excluding hydrogens is 1540 g/mol. The average molecular weight is 1640 g/mol. The smallest absolute Gasteiger partial charge is 0.119 e. The Labute approximate surface area is 737 Å². The van der Waals surface area contributed by atoms with Crippen molar-refractivity contribution in [2.24, 2.45) is 0 Å². The minimum absolute atomic E-state index is 0.0131. The number of methoxy groups -OCH3 is 4. The summed E-state index contributed by atoms with van der Waals surface area (Å²) in [6.45, 7) is 18.9. The van der Waals surface area contributed by atoms with Crippen LogP contribution in [-0.4, -0.2) is 37.6 Å². The van der Waals surface area contributed by atoms with Gasteiger partial charge in [-0.2, -0.15) is 0 Å². The van der Waals surface area contributed by atoms with Gasteiger partial charge in [-0.3, -0.25) is 0 Å². The van der Waals surface area contributed by atoms with Crippen LogP contribution in [0.5, 0.6) is 23.0 Å². The Hall–Kier alpha value is -14.5. The summed E-state index contributed by atoms with van der Waals surface area (Å²) < 4.78 is 29.0. The average Bonchev–Trinajstić information content (AvgIpc) is 1.54. The van der Waals surface area contributed by atoms with E-state index in [0.717, 1.165) is 126 Å². The number of fused-ring (bicyclic) bond motifs is 18. The molecule has 2 heterocycles. The van der Waals surface area contributed by atoms with Crippen LogP contribution in [0.25, 0.3) is 88.1 Å². The first kappa shape index (κ1) is 76.4. The van der Waals surface area contributed by atoms with Crippen LogP contribution in [0.2, 0.25) is 0 Å². The zero-order valence-corrected chi connectivity index (χ0v) is 73.2. The molecule has 0 bridgehead atoms. The number of nitrogens with zero attached hydrogens (tertiary/aromatic N) is 6. The number of anilines is 12. The largest absolute Gasteiger partial charge is 0.497 e. The van der Waals surface area contributed by atoms with Crippen LogP contribution < -0.4 is 38.5 Å².